The molecule has 3 N–H and O–H groups in total. The Balaban J connectivity index is 1.41. The number of fused-ring (bicyclic) bond motifs is 1. The predicted octanol–water partition coefficient (Wildman–Crippen LogP) is 1.85. The number of nitrogens with zero attached hydrogens (tertiary/aromatic N) is 1. The quantitative estimate of drug-likeness (QED) is 0.706. The third-order valence-corrected chi connectivity index (χ3v) is 7.44. The Kier molecular flexibility index (Phi) is 4.38. The van der Waals surface area contributed by atoms with Gasteiger partial charge in [-0.1, -0.05) is 6.42 Å². The summed E-state index contributed by atoms with van der Waals surface area (Å²) in [5.74, 6) is -0.820. The van der Waals surface area contributed by atoms with Crippen molar-refractivity contribution in [1.82, 2.24) is 9.62 Å². The molecule has 4 rings (SSSR count). The number of carbonyl (C=O) groups excluding carboxylic acids is 1. The second-order valence-electron chi connectivity index (χ2n) is 7.78. The van der Waals surface area contributed by atoms with Gasteiger partial charge in [0.2, 0.25) is 10.0 Å². The van der Waals surface area contributed by atoms with E-state index in [1.165, 1.54) is 12.1 Å². The number of hydrogen-bond acceptors (Lipinski definition) is 4. The lowest BCUT2D eigenvalue weighted by Gasteiger charge is -2.23. The highest BCUT2D eigenvalue weighted by Gasteiger charge is 2.55. The number of carboxylic acids is 1. The van der Waals surface area contributed by atoms with Crippen molar-refractivity contribution in [2.45, 2.75) is 43.0 Å². The molecule has 0 radical (unpaired) electrons. The van der Waals surface area contributed by atoms with Crippen molar-refractivity contribution in [2.24, 2.45) is 11.3 Å². The van der Waals surface area contributed by atoms with Gasteiger partial charge in [-0.2, -0.15) is 0 Å². The van der Waals surface area contributed by atoms with Crippen molar-refractivity contribution in [2.75, 3.05) is 18.4 Å². The summed E-state index contributed by atoms with van der Waals surface area (Å²) in [6, 6.07) is 5.68. The summed E-state index contributed by atoms with van der Waals surface area (Å²) in [6.45, 7) is 0.659. The minimum Gasteiger partial charge on any atom is -0.481 e. The topological polar surface area (TPSA) is 116 Å². The number of carbonyl (C=O) groups is 2. The minimum absolute atomic E-state index is 0.00164. The summed E-state index contributed by atoms with van der Waals surface area (Å²) in [5, 5.41) is 12.4. The molecule has 1 heterocycles. The molecular weight excluding hydrogens is 370 g/mol. The van der Waals surface area contributed by atoms with Crippen molar-refractivity contribution in [3.8, 4) is 0 Å². The first kappa shape index (κ1) is 18.2. The molecule has 3 fully saturated rings. The Bertz CT molecular complexity index is 865. The molecule has 2 saturated carbocycles. The smallest absolute Gasteiger partial charge is 0.321 e. The summed E-state index contributed by atoms with van der Waals surface area (Å²) >= 11 is 0. The molecule has 146 valence electrons. The van der Waals surface area contributed by atoms with E-state index in [4.69, 9.17) is 0 Å². The normalized spacial score (nSPS) is 27.4. The zero-order chi connectivity index (χ0) is 19.2. The Morgan fingerprint density at radius 1 is 1.15 bits per heavy atom. The molecule has 2 amide bonds. The van der Waals surface area contributed by atoms with Crippen LogP contribution in [0, 0.1) is 11.3 Å². The van der Waals surface area contributed by atoms with Crippen molar-refractivity contribution in [1.29, 1.82) is 0 Å². The largest absolute Gasteiger partial charge is 0.481 e. The Morgan fingerprint density at radius 2 is 1.85 bits per heavy atom. The second kappa shape index (κ2) is 6.49. The Morgan fingerprint density at radius 3 is 2.44 bits per heavy atom. The van der Waals surface area contributed by atoms with Crippen LogP contribution in [0.3, 0.4) is 0 Å². The molecule has 0 aromatic heterocycles. The van der Waals surface area contributed by atoms with Crippen LogP contribution in [0.25, 0.3) is 0 Å². The maximum Gasteiger partial charge on any atom is 0.321 e. The summed E-state index contributed by atoms with van der Waals surface area (Å²) in [5.41, 5.74) is -0.337. The van der Waals surface area contributed by atoms with Gasteiger partial charge in [-0.05, 0) is 55.9 Å². The van der Waals surface area contributed by atoms with Crippen molar-refractivity contribution < 1.29 is 23.1 Å². The molecule has 0 bridgehead atoms. The van der Waals surface area contributed by atoms with E-state index in [1.807, 2.05) is 0 Å². The molecule has 0 spiro atoms. The molecule has 9 heteroatoms. The minimum atomic E-state index is -3.52. The lowest BCUT2D eigenvalue weighted by atomic mass is 9.81. The molecule has 1 saturated heterocycles. The first-order chi connectivity index (χ1) is 12.8. The molecule has 1 aromatic carbocycles. The van der Waals surface area contributed by atoms with Gasteiger partial charge in [0.05, 0.1) is 10.3 Å². The second-order valence-corrected chi connectivity index (χ2v) is 9.50. The molecule has 1 aromatic rings. The van der Waals surface area contributed by atoms with Crippen LogP contribution >= 0.6 is 0 Å². The summed E-state index contributed by atoms with van der Waals surface area (Å²) < 4.78 is 27.0. The van der Waals surface area contributed by atoms with Crippen LogP contribution in [0.5, 0.6) is 0 Å². The van der Waals surface area contributed by atoms with E-state index >= 15 is 0 Å². The van der Waals surface area contributed by atoms with E-state index in [0.29, 0.717) is 18.7 Å². The molecule has 0 unspecified atom stereocenters. The third-order valence-electron chi connectivity index (χ3n) is 5.90. The Hall–Kier alpha value is -2.13. The van der Waals surface area contributed by atoms with Gasteiger partial charge in [-0.15, -0.1) is 0 Å². The monoisotopic (exact) mass is 393 g/mol. The van der Waals surface area contributed by atoms with Crippen LogP contribution in [0.4, 0.5) is 10.5 Å². The fraction of sp³-hybridized carbons (Fsp3) is 0.556. The molecule has 1 aliphatic heterocycles. The van der Waals surface area contributed by atoms with Crippen LogP contribution in [0.2, 0.25) is 0 Å². The number of rotatable bonds is 5. The van der Waals surface area contributed by atoms with E-state index in [0.717, 1.165) is 25.7 Å². The van der Waals surface area contributed by atoms with Crippen LogP contribution in [-0.2, 0) is 14.8 Å². The number of amides is 2. The number of hydrogen-bond donors (Lipinski definition) is 3. The number of benzene rings is 1. The van der Waals surface area contributed by atoms with Crippen LogP contribution in [0.1, 0.15) is 32.1 Å². The number of nitrogens with one attached hydrogen (secondary N) is 2. The van der Waals surface area contributed by atoms with Gasteiger partial charge in [0.25, 0.3) is 0 Å². The highest BCUT2D eigenvalue weighted by molar-refractivity contribution is 7.89. The van der Waals surface area contributed by atoms with Crippen LogP contribution in [0.15, 0.2) is 29.2 Å². The lowest BCUT2D eigenvalue weighted by molar-refractivity contribution is -0.149. The maximum absolute atomic E-state index is 12.5. The SMILES string of the molecule is O=C(Nc1ccc(S(=O)(=O)NC2CC2)cc1)N1C[C@@H]2CCC[C@@]2(C(=O)O)C1. The fourth-order valence-corrected chi connectivity index (χ4v) is 5.51. The van der Waals surface area contributed by atoms with Gasteiger partial charge in [0, 0.05) is 24.8 Å². The van der Waals surface area contributed by atoms with E-state index < -0.39 is 21.4 Å². The molecule has 3 aliphatic rings. The summed E-state index contributed by atoms with van der Waals surface area (Å²) in [7, 11) is -3.52. The van der Waals surface area contributed by atoms with Gasteiger partial charge in [0.1, 0.15) is 0 Å². The Labute approximate surface area is 158 Å². The van der Waals surface area contributed by atoms with Crippen LogP contribution in [-0.4, -0.2) is 49.6 Å². The summed E-state index contributed by atoms with van der Waals surface area (Å²) in [4.78, 5) is 26.0. The average molecular weight is 393 g/mol. The number of anilines is 1. The molecule has 2 atom stereocenters. The maximum atomic E-state index is 12.5. The van der Waals surface area contributed by atoms with Gasteiger partial charge >= 0.3 is 12.0 Å². The first-order valence-electron chi connectivity index (χ1n) is 9.22. The van der Waals surface area contributed by atoms with Crippen molar-refractivity contribution in [3.05, 3.63) is 24.3 Å². The number of carboxylic acid groups (broad SMARTS) is 1. The standard InChI is InChI=1S/C18H23N3O5S/c22-16(23)18-9-1-2-12(18)10-21(11-18)17(24)19-13-5-7-15(8-6-13)27(25,26)20-14-3-4-14/h5-8,12,14,20H,1-4,9-11H2,(H,19,24)(H,22,23)/t12-,18+/m0/s1. The third kappa shape index (κ3) is 3.41. The molecule has 8 nitrogen and oxygen atoms in total. The van der Waals surface area contributed by atoms with E-state index in [2.05, 4.69) is 10.0 Å². The first-order valence-corrected chi connectivity index (χ1v) is 10.7. The zero-order valence-electron chi connectivity index (χ0n) is 14.8. The number of urea groups is 1. The average Bonchev–Trinajstić information content (AvgIpc) is 3.18. The van der Waals surface area contributed by atoms with Gasteiger partial charge in [0.15, 0.2) is 0 Å². The van der Waals surface area contributed by atoms with Gasteiger partial charge in [-0.25, -0.2) is 17.9 Å². The van der Waals surface area contributed by atoms with Gasteiger partial charge in [-0.3, -0.25) is 4.79 Å². The van der Waals surface area contributed by atoms with Gasteiger partial charge < -0.3 is 15.3 Å². The lowest BCUT2D eigenvalue weighted by Crippen LogP contribution is -2.38. The van der Waals surface area contributed by atoms with E-state index in [-0.39, 0.29) is 29.4 Å². The number of sulfonamides is 1. The fourth-order valence-electron chi connectivity index (χ4n) is 4.20. The number of likely N-dealkylation sites (tertiary alicyclic amines) is 1. The number of aliphatic carboxylic acids is 1. The molecular formula is C18H23N3O5S. The predicted molar refractivity (Wildman–Crippen MR) is 97.8 cm³/mol. The highest BCUT2D eigenvalue weighted by Crippen LogP contribution is 2.48. The van der Waals surface area contributed by atoms with E-state index in [9.17, 15) is 23.1 Å². The summed E-state index contributed by atoms with van der Waals surface area (Å²) in [6.07, 6.45) is 4.05. The zero-order valence-corrected chi connectivity index (χ0v) is 15.7. The van der Waals surface area contributed by atoms with E-state index in [1.54, 1.807) is 17.0 Å². The molecule has 2 aliphatic carbocycles. The van der Waals surface area contributed by atoms with Crippen LogP contribution < -0.4 is 10.0 Å². The van der Waals surface area contributed by atoms with Crippen molar-refractivity contribution in [3.63, 3.8) is 0 Å². The highest BCUT2D eigenvalue weighted by atomic mass is 32.2. The van der Waals surface area contributed by atoms with Crippen molar-refractivity contribution >= 4 is 27.7 Å². The molecule has 27 heavy (non-hydrogen) atoms.